The van der Waals surface area contributed by atoms with Crippen molar-refractivity contribution in [3.8, 4) is 18.1 Å². The van der Waals surface area contributed by atoms with Crippen LogP contribution in [0.25, 0.3) is 0 Å². The lowest BCUT2D eigenvalue weighted by Gasteiger charge is -2.08. The number of carbonyl (C=O) groups is 2. The molecule has 2 rings (SSSR count). The topological polar surface area (TPSA) is 67.4 Å². The predicted molar refractivity (Wildman–Crippen MR) is 114 cm³/mol. The summed E-state index contributed by atoms with van der Waals surface area (Å²) in [5, 5.41) is 5.61. The molecule has 0 aliphatic heterocycles. The third-order valence-corrected chi connectivity index (χ3v) is 4.76. The van der Waals surface area contributed by atoms with Crippen molar-refractivity contribution in [3.63, 3.8) is 0 Å². The molecule has 0 fully saturated rings. The van der Waals surface area contributed by atoms with Crippen molar-refractivity contribution in [2.24, 2.45) is 0 Å². The molecular weight excluding hydrogens is 428 g/mol. The van der Waals surface area contributed by atoms with Crippen LogP contribution in [0.2, 0.25) is 0 Å². The van der Waals surface area contributed by atoms with Crippen LogP contribution in [0.15, 0.2) is 53.0 Å². The van der Waals surface area contributed by atoms with Gasteiger partial charge in [-0.05, 0) is 36.4 Å². The van der Waals surface area contributed by atoms with Gasteiger partial charge in [0.15, 0.2) is 0 Å². The Bertz CT molecular complexity index is 819. The van der Waals surface area contributed by atoms with Crippen molar-refractivity contribution < 1.29 is 14.3 Å². The van der Waals surface area contributed by atoms with Crippen molar-refractivity contribution in [1.82, 2.24) is 0 Å². The van der Waals surface area contributed by atoms with E-state index in [1.54, 1.807) is 24.3 Å². The second-order valence-corrected chi connectivity index (χ2v) is 7.45. The number of thioether (sulfide) groups is 1. The third kappa shape index (κ3) is 8.20. The van der Waals surface area contributed by atoms with E-state index in [-0.39, 0.29) is 18.4 Å². The van der Waals surface area contributed by atoms with E-state index in [1.165, 1.54) is 11.8 Å². The van der Waals surface area contributed by atoms with Crippen LogP contribution in [-0.2, 0) is 9.59 Å². The molecule has 140 valence electrons. The number of hydrogen-bond donors (Lipinski definition) is 2. The highest BCUT2D eigenvalue weighted by molar-refractivity contribution is 9.10. The molecule has 0 saturated carbocycles. The number of amides is 2. The molecule has 2 aromatic carbocycles. The van der Waals surface area contributed by atoms with Gasteiger partial charge in [-0.1, -0.05) is 27.9 Å². The van der Waals surface area contributed by atoms with Crippen molar-refractivity contribution in [2.75, 3.05) is 28.7 Å². The maximum absolute atomic E-state index is 12.0. The second-order valence-electron chi connectivity index (χ2n) is 5.43. The Morgan fingerprint density at radius 1 is 1.07 bits per heavy atom. The zero-order valence-electron chi connectivity index (χ0n) is 14.5. The molecule has 0 aliphatic carbocycles. The number of benzene rings is 2. The molecule has 0 heterocycles. The molecule has 0 saturated heterocycles. The van der Waals surface area contributed by atoms with Crippen LogP contribution < -0.4 is 15.4 Å². The van der Waals surface area contributed by atoms with Gasteiger partial charge in [0, 0.05) is 34.1 Å². The smallest absolute Gasteiger partial charge is 0.234 e. The fraction of sp³-hybridized carbons (Fsp3) is 0.200. The Balaban J connectivity index is 1.66. The predicted octanol–water partition coefficient (Wildman–Crippen LogP) is 4.16. The maximum atomic E-state index is 12.0. The second kappa shape index (κ2) is 11.3. The molecular formula is C20H19BrN2O3S. The van der Waals surface area contributed by atoms with Crippen LogP contribution in [0.1, 0.15) is 6.42 Å². The number of nitrogens with one attached hydrogen (secondary N) is 2. The third-order valence-electron chi connectivity index (χ3n) is 3.27. The lowest BCUT2D eigenvalue weighted by atomic mass is 10.3. The number of halogens is 1. The summed E-state index contributed by atoms with van der Waals surface area (Å²) < 4.78 is 6.27. The molecule has 2 N–H and O–H groups in total. The van der Waals surface area contributed by atoms with E-state index in [0.717, 1.165) is 10.2 Å². The number of ether oxygens (including phenoxy) is 1. The number of terminal acetylenes is 1. The van der Waals surface area contributed by atoms with E-state index in [9.17, 15) is 9.59 Å². The van der Waals surface area contributed by atoms with Gasteiger partial charge in [0.05, 0.1) is 5.75 Å². The first-order chi connectivity index (χ1) is 13.1. The summed E-state index contributed by atoms with van der Waals surface area (Å²) in [7, 11) is 0. The lowest BCUT2D eigenvalue weighted by Crippen LogP contribution is -2.16. The Labute approximate surface area is 171 Å². The number of anilines is 2. The minimum absolute atomic E-state index is 0.0962. The van der Waals surface area contributed by atoms with Gasteiger partial charge in [-0.15, -0.1) is 6.42 Å². The molecule has 0 atom stereocenters. The first kappa shape index (κ1) is 20.9. The molecule has 0 unspecified atom stereocenters. The van der Waals surface area contributed by atoms with E-state index < -0.39 is 0 Å². The van der Waals surface area contributed by atoms with E-state index in [4.69, 9.17) is 11.2 Å². The highest BCUT2D eigenvalue weighted by Crippen LogP contribution is 2.18. The molecule has 7 heteroatoms. The van der Waals surface area contributed by atoms with Crippen LogP contribution in [0, 0.1) is 12.3 Å². The molecule has 2 amide bonds. The van der Waals surface area contributed by atoms with Gasteiger partial charge in [0.2, 0.25) is 11.8 Å². The molecule has 0 radical (unpaired) electrons. The zero-order valence-corrected chi connectivity index (χ0v) is 16.9. The van der Waals surface area contributed by atoms with Crippen molar-refractivity contribution in [1.29, 1.82) is 0 Å². The van der Waals surface area contributed by atoms with Crippen molar-refractivity contribution in [2.45, 2.75) is 6.42 Å². The van der Waals surface area contributed by atoms with Crippen LogP contribution in [0.3, 0.4) is 0 Å². The fourth-order valence-electron chi connectivity index (χ4n) is 2.07. The lowest BCUT2D eigenvalue weighted by molar-refractivity contribution is -0.116. The summed E-state index contributed by atoms with van der Waals surface area (Å²) in [5.41, 5.74) is 1.39. The largest absolute Gasteiger partial charge is 0.481 e. The Morgan fingerprint density at radius 2 is 1.81 bits per heavy atom. The zero-order chi connectivity index (χ0) is 19.5. The van der Waals surface area contributed by atoms with E-state index in [1.807, 2.05) is 24.3 Å². The summed E-state index contributed by atoms with van der Waals surface area (Å²) in [6.45, 7) is 0.177. The molecule has 0 spiro atoms. The quantitative estimate of drug-likeness (QED) is 0.448. The fourth-order valence-corrected chi connectivity index (χ4v) is 3.07. The number of hydrogen-bond acceptors (Lipinski definition) is 4. The van der Waals surface area contributed by atoms with E-state index in [2.05, 4.69) is 32.5 Å². The van der Waals surface area contributed by atoms with Crippen LogP contribution in [0.5, 0.6) is 5.75 Å². The van der Waals surface area contributed by atoms with Gasteiger partial charge >= 0.3 is 0 Å². The minimum Gasteiger partial charge on any atom is -0.481 e. The molecule has 0 aliphatic rings. The Morgan fingerprint density at radius 3 is 2.56 bits per heavy atom. The van der Waals surface area contributed by atoms with Crippen molar-refractivity contribution in [3.05, 3.63) is 53.0 Å². The van der Waals surface area contributed by atoms with E-state index in [0.29, 0.717) is 29.4 Å². The summed E-state index contributed by atoms with van der Waals surface area (Å²) in [6, 6.07) is 14.4. The van der Waals surface area contributed by atoms with Crippen LogP contribution in [0.4, 0.5) is 11.4 Å². The molecule has 2 aromatic rings. The van der Waals surface area contributed by atoms with Crippen LogP contribution >= 0.6 is 27.7 Å². The van der Waals surface area contributed by atoms with Gasteiger partial charge in [-0.3, -0.25) is 9.59 Å². The normalized spacial score (nSPS) is 9.93. The van der Waals surface area contributed by atoms with Gasteiger partial charge in [0.1, 0.15) is 12.4 Å². The standard InChI is InChI=1S/C20H19BrN2O3S/c1-2-11-26-18-5-3-4-17(13-18)23-19(24)10-12-27-14-20(25)22-16-8-6-15(21)7-9-16/h1,3-9,13H,10-12,14H2,(H,22,25)(H,23,24). The summed E-state index contributed by atoms with van der Waals surface area (Å²) in [4.78, 5) is 23.9. The highest BCUT2D eigenvalue weighted by atomic mass is 79.9. The molecule has 5 nitrogen and oxygen atoms in total. The Kier molecular flexibility index (Phi) is 8.75. The van der Waals surface area contributed by atoms with Gasteiger partial charge in [-0.25, -0.2) is 0 Å². The Hall–Kier alpha value is -2.43. The first-order valence-electron chi connectivity index (χ1n) is 8.16. The first-order valence-corrected chi connectivity index (χ1v) is 10.1. The SMILES string of the molecule is C#CCOc1cccc(NC(=O)CCSCC(=O)Nc2ccc(Br)cc2)c1. The summed E-state index contributed by atoms with van der Waals surface area (Å²) in [6.07, 6.45) is 5.47. The molecule has 27 heavy (non-hydrogen) atoms. The average Bonchev–Trinajstić information content (AvgIpc) is 2.66. The average molecular weight is 447 g/mol. The highest BCUT2D eigenvalue weighted by Gasteiger charge is 2.06. The van der Waals surface area contributed by atoms with Crippen LogP contribution in [-0.4, -0.2) is 29.9 Å². The number of rotatable bonds is 9. The van der Waals surface area contributed by atoms with Gasteiger partial charge in [0.25, 0.3) is 0 Å². The maximum Gasteiger partial charge on any atom is 0.234 e. The summed E-state index contributed by atoms with van der Waals surface area (Å²) >= 11 is 4.75. The van der Waals surface area contributed by atoms with Gasteiger partial charge < -0.3 is 15.4 Å². The van der Waals surface area contributed by atoms with Gasteiger partial charge in [-0.2, -0.15) is 11.8 Å². The molecule has 0 bridgehead atoms. The minimum atomic E-state index is -0.120. The summed E-state index contributed by atoms with van der Waals surface area (Å²) in [5.74, 6) is 3.61. The molecule has 0 aromatic heterocycles. The monoisotopic (exact) mass is 446 g/mol. The number of carbonyl (C=O) groups excluding carboxylic acids is 2. The van der Waals surface area contributed by atoms with E-state index >= 15 is 0 Å². The van der Waals surface area contributed by atoms with Crippen molar-refractivity contribution >= 4 is 50.9 Å².